The minimum atomic E-state index is -4.11. The highest BCUT2D eigenvalue weighted by Gasteiger charge is 2.34. The third kappa shape index (κ3) is 7.62. The van der Waals surface area contributed by atoms with E-state index in [1.165, 1.54) is 31.3 Å². The van der Waals surface area contributed by atoms with Gasteiger partial charge in [0.2, 0.25) is 21.8 Å². The van der Waals surface area contributed by atoms with Crippen molar-refractivity contribution in [2.75, 3.05) is 31.3 Å². The van der Waals surface area contributed by atoms with Gasteiger partial charge in [0.25, 0.3) is 5.69 Å². The summed E-state index contributed by atoms with van der Waals surface area (Å²) in [6.45, 7) is 1.09. The van der Waals surface area contributed by atoms with Crippen LogP contribution in [-0.2, 0) is 26.2 Å². The number of carbonyl (C=O) groups is 2. The van der Waals surface area contributed by atoms with Crippen LogP contribution in [0.2, 0.25) is 0 Å². The summed E-state index contributed by atoms with van der Waals surface area (Å²) in [5.41, 5.74) is 0.156. The number of hydrogen-bond donors (Lipinski definition) is 1. The van der Waals surface area contributed by atoms with Gasteiger partial charge in [0.05, 0.1) is 25.4 Å². The fourth-order valence-electron chi connectivity index (χ4n) is 4.84. The SMILES string of the molecule is CC[C@@H](C(=O)NC1CCCC1)N(Cc1cccc(OC)c1)C(=O)CN(c1cc([N+](=O)[O-])ccc1OC)S(C)(=O)=O. The number of rotatable bonds is 13. The predicted octanol–water partition coefficient (Wildman–Crippen LogP) is 3.24. The number of hydrogen-bond acceptors (Lipinski definition) is 8. The summed E-state index contributed by atoms with van der Waals surface area (Å²) < 4.78 is 37.2. The van der Waals surface area contributed by atoms with Crippen LogP contribution < -0.4 is 19.1 Å². The minimum absolute atomic E-state index is 0.0102. The van der Waals surface area contributed by atoms with E-state index in [2.05, 4.69) is 5.32 Å². The van der Waals surface area contributed by atoms with E-state index in [1.54, 1.807) is 31.2 Å². The Morgan fingerprint density at radius 1 is 1.12 bits per heavy atom. The van der Waals surface area contributed by atoms with E-state index < -0.39 is 33.4 Å². The number of anilines is 1. The molecule has 1 atom stereocenters. The Morgan fingerprint density at radius 3 is 2.40 bits per heavy atom. The van der Waals surface area contributed by atoms with E-state index in [4.69, 9.17) is 9.47 Å². The molecule has 3 rings (SSSR count). The quantitative estimate of drug-likeness (QED) is 0.282. The zero-order chi connectivity index (χ0) is 29.4. The number of benzene rings is 2. The van der Waals surface area contributed by atoms with Crippen LogP contribution >= 0.6 is 0 Å². The van der Waals surface area contributed by atoms with Crippen molar-refractivity contribution in [2.24, 2.45) is 0 Å². The lowest BCUT2D eigenvalue weighted by molar-refractivity contribution is -0.384. The fraction of sp³-hybridized carbons (Fsp3) is 0.481. The Morgan fingerprint density at radius 2 is 1.82 bits per heavy atom. The molecule has 0 saturated heterocycles. The molecule has 2 aromatic rings. The van der Waals surface area contributed by atoms with E-state index >= 15 is 0 Å². The maximum absolute atomic E-state index is 13.9. The number of nitrogens with one attached hydrogen (secondary N) is 1. The van der Waals surface area contributed by atoms with Gasteiger partial charge in [0, 0.05) is 24.7 Å². The molecule has 0 bridgehead atoms. The lowest BCUT2D eigenvalue weighted by atomic mass is 10.1. The summed E-state index contributed by atoms with van der Waals surface area (Å²) in [5, 5.41) is 14.5. The van der Waals surface area contributed by atoms with Gasteiger partial charge in [-0.2, -0.15) is 0 Å². The first-order valence-electron chi connectivity index (χ1n) is 13.0. The first-order chi connectivity index (χ1) is 19.0. The van der Waals surface area contributed by atoms with Crippen LogP contribution in [0.5, 0.6) is 11.5 Å². The van der Waals surface area contributed by atoms with Crippen molar-refractivity contribution in [2.45, 2.75) is 57.7 Å². The van der Waals surface area contributed by atoms with Gasteiger partial charge < -0.3 is 19.7 Å². The van der Waals surface area contributed by atoms with Gasteiger partial charge in [-0.15, -0.1) is 0 Å². The first-order valence-corrected chi connectivity index (χ1v) is 14.9. The van der Waals surface area contributed by atoms with Crippen molar-refractivity contribution in [1.29, 1.82) is 0 Å². The van der Waals surface area contributed by atoms with E-state index in [0.29, 0.717) is 11.3 Å². The molecule has 0 spiro atoms. The molecule has 0 aliphatic heterocycles. The van der Waals surface area contributed by atoms with Crippen molar-refractivity contribution >= 4 is 33.2 Å². The van der Waals surface area contributed by atoms with Crippen molar-refractivity contribution in [3.05, 3.63) is 58.1 Å². The topological polar surface area (TPSA) is 148 Å². The number of methoxy groups -OCH3 is 2. The summed E-state index contributed by atoms with van der Waals surface area (Å²) >= 11 is 0. The molecule has 1 aliphatic rings. The zero-order valence-corrected chi connectivity index (χ0v) is 24.0. The molecular weight excluding hydrogens is 540 g/mol. The Bertz CT molecular complexity index is 1330. The third-order valence-corrected chi connectivity index (χ3v) is 8.02. The van der Waals surface area contributed by atoms with E-state index in [9.17, 15) is 28.1 Å². The number of nitro benzene ring substituents is 1. The van der Waals surface area contributed by atoms with E-state index in [1.807, 2.05) is 0 Å². The number of ether oxygens (including phenoxy) is 2. The molecule has 1 N–H and O–H groups in total. The minimum Gasteiger partial charge on any atom is -0.497 e. The van der Waals surface area contributed by atoms with Crippen molar-refractivity contribution < 1.29 is 32.4 Å². The Balaban J connectivity index is 2.02. The summed E-state index contributed by atoms with van der Waals surface area (Å²) in [7, 11) is -1.30. The average molecular weight is 577 g/mol. The Hall–Kier alpha value is -3.87. The normalized spacial score (nSPS) is 14.3. The molecule has 2 aromatic carbocycles. The molecule has 0 aromatic heterocycles. The van der Waals surface area contributed by atoms with Gasteiger partial charge in [-0.25, -0.2) is 8.42 Å². The zero-order valence-electron chi connectivity index (χ0n) is 23.2. The van der Waals surface area contributed by atoms with Crippen LogP contribution in [0, 0.1) is 10.1 Å². The summed E-state index contributed by atoms with van der Waals surface area (Å²) in [6.07, 6.45) is 4.94. The fourth-order valence-corrected chi connectivity index (χ4v) is 5.68. The van der Waals surface area contributed by atoms with Crippen LogP contribution in [0.25, 0.3) is 0 Å². The predicted molar refractivity (Wildman–Crippen MR) is 150 cm³/mol. The van der Waals surface area contributed by atoms with Crippen LogP contribution in [0.15, 0.2) is 42.5 Å². The van der Waals surface area contributed by atoms with Gasteiger partial charge in [0.1, 0.15) is 29.8 Å². The number of nitrogens with zero attached hydrogens (tertiary/aromatic N) is 3. The van der Waals surface area contributed by atoms with Crippen LogP contribution in [0.4, 0.5) is 11.4 Å². The second-order valence-corrected chi connectivity index (χ2v) is 11.6. The molecular formula is C27H36N4O8S. The standard InChI is InChI=1S/C27H36N4O8S/c1-5-23(27(33)28-20-10-6-7-11-20)29(17-19-9-8-12-22(15-19)38-2)26(32)18-30(40(4,36)37)24-16-21(31(34)35)13-14-25(24)39-3/h8-9,12-16,20,23H,5-7,10-11,17-18H2,1-4H3,(H,28,33)/t23-/m0/s1. The Labute approximate surface area is 234 Å². The highest BCUT2D eigenvalue weighted by atomic mass is 32.2. The molecule has 0 unspecified atom stereocenters. The van der Waals surface area contributed by atoms with Crippen molar-refractivity contribution in [3.63, 3.8) is 0 Å². The Kier molecular flexibility index (Phi) is 10.3. The van der Waals surface area contributed by atoms with Crippen molar-refractivity contribution in [3.8, 4) is 11.5 Å². The number of non-ortho nitro benzene ring substituents is 1. The van der Waals surface area contributed by atoms with Crippen molar-refractivity contribution in [1.82, 2.24) is 10.2 Å². The molecule has 12 nitrogen and oxygen atoms in total. The average Bonchev–Trinajstić information content (AvgIpc) is 3.43. The van der Waals surface area contributed by atoms with Gasteiger partial charge in [-0.3, -0.25) is 24.0 Å². The second-order valence-electron chi connectivity index (χ2n) is 9.67. The number of nitro groups is 1. The molecule has 40 heavy (non-hydrogen) atoms. The third-order valence-electron chi connectivity index (χ3n) is 6.90. The molecule has 0 heterocycles. The largest absolute Gasteiger partial charge is 0.497 e. The maximum atomic E-state index is 13.9. The molecule has 0 radical (unpaired) electrons. The lowest BCUT2D eigenvalue weighted by Gasteiger charge is -2.33. The number of sulfonamides is 1. The van der Waals surface area contributed by atoms with Crippen LogP contribution in [0.3, 0.4) is 0 Å². The van der Waals surface area contributed by atoms with Gasteiger partial charge in [0.15, 0.2) is 0 Å². The summed E-state index contributed by atoms with van der Waals surface area (Å²) in [5.74, 6) is -0.374. The van der Waals surface area contributed by atoms with Gasteiger partial charge in [-0.05, 0) is 43.0 Å². The monoisotopic (exact) mass is 576 g/mol. The van der Waals surface area contributed by atoms with Gasteiger partial charge in [-0.1, -0.05) is 31.9 Å². The van der Waals surface area contributed by atoms with Gasteiger partial charge >= 0.3 is 0 Å². The highest BCUT2D eigenvalue weighted by molar-refractivity contribution is 7.92. The molecule has 1 aliphatic carbocycles. The van der Waals surface area contributed by atoms with E-state index in [-0.39, 0.29) is 42.0 Å². The summed E-state index contributed by atoms with van der Waals surface area (Å²) in [4.78, 5) is 39.4. The van der Waals surface area contributed by atoms with Crippen LogP contribution in [-0.4, -0.2) is 69.2 Å². The lowest BCUT2D eigenvalue weighted by Crippen LogP contribution is -2.53. The van der Waals surface area contributed by atoms with E-state index in [0.717, 1.165) is 42.3 Å². The molecule has 13 heteroatoms. The van der Waals surface area contributed by atoms with Crippen LogP contribution in [0.1, 0.15) is 44.6 Å². The number of carbonyl (C=O) groups excluding carboxylic acids is 2. The molecule has 218 valence electrons. The molecule has 1 fully saturated rings. The smallest absolute Gasteiger partial charge is 0.271 e. The second kappa shape index (κ2) is 13.5. The molecule has 1 saturated carbocycles. The molecule has 2 amide bonds. The highest BCUT2D eigenvalue weighted by Crippen LogP contribution is 2.34. The maximum Gasteiger partial charge on any atom is 0.271 e. The first kappa shape index (κ1) is 30.7. The number of amides is 2. The summed E-state index contributed by atoms with van der Waals surface area (Å²) in [6, 6.07) is 9.66.